The molecule has 3 aromatic carbocycles. The number of carboxylic acids is 1. The zero-order valence-electron chi connectivity index (χ0n) is 16.8. The normalized spacial score (nSPS) is 11.4. The van der Waals surface area contributed by atoms with Crippen LogP contribution in [-0.2, 0) is 28.9 Å². The monoisotopic (exact) mass is 446 g/mol. The summed E-state index contributed by atoms with van der Waals surface area (Å²) in [7, 11) is 1.32. The van der Waals surface area contributed by atoms with E-state index < -0.39 is 24.1 Å². The van der Waals surface area contributed by atoms with Crippen molar-refractivity contribution < 1.29 is 27.8 Å². The molecule has 0 spiro atoms. The Bertz CT molecular complexity index is 1040. The predicted octanol–water partition coefficient (Wildman–Crippen LogP) is 6.44. The average Bonchev–Trinajstić information content (AvgIpc) is 2.74. The van der Waals surface area contributed by atoms with Gasteiger partial charge in [0.1, 0.15) is 5.75 Å². The van der Waals surface area contributed by atoms with Crippen molar-refractivity contribution in [1.82, 2.24) is 0 Å². The summed E-state index contributed by atoms with van der Waals surface area (Å²) >= 11 is 1.43. The minimum absolute atomic E-state index is 0.0722. The van der Waals surface area contributed by atoms with Crippen LogP contribution in [0.2, 0.25) is 0 Å². The summed E-state index contributed by atoms with van der Waals surface area (Å²) in [5.74, 6) is -0.450. The highest BCUT2D eigenvalue weighted by atomic mass is 32.2. The van der Waals surface area contributed by atoms with Gasteiger partial charge >= 0.3 is 12.1 Å². The summed E-state index contributed by atoms with van der Waals surface area (Å²) < 4.78 is 46.9. The summed E-state index contributed by atoms with van der Waals surface area (Å²) in [5.41, 5.74) is 1.35. The van der Waals surface area contributed by atoms with E-state index in [1.165, 1.54) is 18.9 Å². The van der Waals surface area contributed by atoms with Crippen molar-refractivity contribution >= 4 is 17.7 Å². The number of carbonyl (C=O) groups is 1. The van der Waals surface area contributed by atoms with Crippen LogP contribution < -0.4 is 4.74 Å². The van der Waals surface area contributed by atoms with Crippen LogP contribution in [0.15, 0.2) is 66.7 Å². The summed E-state index contributed by atoms with van der Waals surface area (Å²) in [4.78, 5) is 11.5. The van der Waals surface area contributed by atoms with E-state index in [0.717, 1.165) is 11.6 Å². The number of aliphatic carboxylic acids is 1. The summed E-state index contributed by atoms with van der Waals surface area (Å²) in [5, 5.41) is 9.37. The van der Waals surface area contributed by atoms with Gasteiger partial charge in [-0.15, -0.1) is 0 Å². The second-order valence-corrected chi connectivity index (χ2v) is 7.86. The third kappa shape index (κ3) is 5.61. The van der Waals surface area contributed by atoms with Gasteiger partial charge in [-0.25, -0.2) is 0 Å². The Morgan fingerprint density at radius 3 is 2.13 bits per heavy atom. The molecular weight excluding hydrogens is 425 g/mol. The number of ether oxygens (including phenoxy) is 1. The number of thioether (sulfide) groups is 1. The molecule has 1 N–H and O–H groups in total. The summed E-state index contributed by atoms with van der Waals surface area (Å²) in [6.07, 6.45) is -5.42. The standard InChI is InChI=1S/C24H21F3O3S/c1-30-21-13-20(24(25,26)27)18(12-22(28)29)19(23(21)17-10-6-3-7-11-17)15-31-14-16-8-4-2-5-9-16/h2-11,13H,12,14-15H2,1H3,(H,28,29). The molecule has 0 saturated heterocycles. The molecule has 31 heavy (non-hydrogen) atoms. The number of hydrogen-bond acceptors (Lipinski definition) is 3. The smallest absolute Gasteiger partial charge is 0.416 e. The Kier molecular flexibility index (Phi) is 7.28. The Morgan fingerprint density at radius 1 is 0.968 bits per heavy atom. The number of methoxy groups -OCH3 is 1. The van der Waals surface area contributed by atoms with Crippen LogP contribution >= 0.6 is 11.8 Å². The van der Waals surface area contributed by atoms with Gasteiger partial charge in [-0.3, -0.25) is 4.79 Å². The molecule has 0 bridgehead atoms. The zero-order chi connectivity index (χ0) is 22.4. The van der Waals surface area contributed by atoms with Crippen LogP contribution in [0.3, 0.4) is 0 Å². The highest BCUT2D eigenvalue weighted by Gasteiger charge is 2.37. The second kappa shape index (κ2) is 9.92. The molecule has 3 aromatic rings. The van der Waals surface area contributed by atoms with Gasteiger partial charge in [-0.05, 0) is 28.3 Å². The van der Waals surface area contributed by atoms with Crippen LogP contribution in [0.25, 0.3) is 11.1 Å². The largest absolute Gasteiger partial charge is 0.496 e. The fourth-order valence-electron chi connectivity index (χ4n) is 3.45. The Balaban J connectivity index is 2.16. The van der Waals surface area contributed by atoms with Gasteiger partial charge in [-0.1, -0.05) is 60.7 Å². The molecule has 162 valence electrons. The van der Waals surface area contributed by atoms with E-state index in [2.05, 4.69) is 0 Å². The van der Waals surface area contributed by atoms with Gasteiger partial charge in [0.25, 0.3) is 0 Å². The van der Waals surface area contributed by atoms with Crippen molar-refractivity contribution in [2.24, 2.45) is 0 Å². The Hall–Kier alpha value is -2.93. The molecule has 0 aliphatic heterocycles. The SMILES string of the molecule is COc1cc(C(F)(F)F)c(CC(=O)O)c(CSCc2ccccc2)c1-c1ccccc1. The molecule has 0 aliphatic carbocycles. The highest BCUT2D eigenvalue weighted by Crippen LogP contribution is 2.44. The summed E-state index contributed by atoms with van der Waals surface area (Å²) in [6, 6.07) is 19.4. The van der Waals surface area contributed by atoms with Gasteiger partial charge in [0.15, 0.2) is 0 Å². The van der Waals surface area contributed by atoms with Crippen LogP contribution in [0.1, 0.15) is 22.3 Å². The molecule has 0 radical (unpaired) electrons. The maximum Gasteiger partial charge on any atom is 0.416 e. The molecule has 0 aliphatic rings. The predicted molar refractivity (Wildman–Crippen MR) is 116 cm³/mol. The Labute approximate surface area is 182 Å². The van der Waals surface area contributed by atoms with Gasteiger partial charge < -0.3 is 9.84 Å². The molecule has 3 nitrogen and oxygen atoms in total. The van der Waals surface area contributed by atoms with Crippen molar-refractivity contribution in [2.75, 3.05) is 7.11 Å². The first-order valence-corrected chi connectivity index (χ1v) is 10.7. The van der Waals surface area contributed by atoms with Crippen molar-refractivity contribution in [2.45, 2.75) is 24.1 Å². The number of rotatable bonds is 8. The topological polar surface area (TPSA) is 46.5 Å². The van der Waals surface area contributed by atoms with Crippen LogP contribution in [-0.4, -0.2) is 18.2 Å². The lowest BCUT2D eigenvalue weighted by molar-refractivity contribution is -0.139. The van der Waals surface area contributed by atoms with E-state index in [4.69, 9.17) is 4.74 Å². The second-order valence-electron chi connectivity index (χ2n) is 6.87. The fourth-order valence-corrected chi connectivity index (χ4v) is 4.50. The van der Waals surface area contributed by atoms with Crippen molar-refractivity contribution in [1.29, 1.82) is 0 Å². The lowest BCUT2D eigenvalue weighted by Crippen LogP contribution is -2.16. The maximum absolute atomic E-state index is 13.9. The minimum Gasteiger partial charge on any atom is -0.496 e. The maximum atomic E-state index is 13.9. The number of carboxylic acid groups (broad SMARTS) is 1. The van der Waals surface area contributed by atoms with Crippen LogP contribution in [0.4, 0.5) is 13.2 Å². The van der Waals surface area contributed by atoms with E-state index in [1.54, 1.807) is 24.3 Å². The molecule has 0 aromatic heterocycles. The number of halogens is 3. The van der Waals surface area contributed by atoms with E-state index in [1.807, 2.05) is 36.4 Å². The molecule has 0 heterocycles. The number of benzene rings is 3. The van der Waals surface area contributed by atoms with E-state index in [-0.39, 0.29) is 17.1 Å². The van der Waals surface area contributed by atoms with Gasteiger partial charge in [0.05, 0.1) is 19.1 Å². The molecule has 0 atom stereocenters. The van der Waals surface area contributed by atoms with Gasteiger partial charge in [0, 0.05) is 17.1 Å². The fraction of sp³-hybridized carbons (Fsp3) is 0.208. The molecular formula is C24H21F3O3S. The van der Waals surface area contributed by atoms with Gasteiger partial charge in [-0.2, -0.15) is 24.9 Å². The lowest BCUT2D eigenvalue weighted by atomic mass is 9.89. The van der Waals surface area contributed by atoms with E-state index >= 15 is 0 Å². The first-order valence-electron chi connectivity index (χ1n) is 9.50. The molecule has 7 heteroatoms. The van der Waals surface area contributed by atoms with E-state index in [0.29, 0.717) is 22.4 Å². The van der Waals surface area contributed by atoms with E-state index in [9.17, 15) is 23.1 Å². The minimum atomic E-state index is -4.70. The molecule has 0 amide bonds. The number of hydrogen-bond donors (Lipinski definition) is 1. The van der Waals surface area contributed by atoms with Gasteiger partial charge in [0.2, 0.25) is 0 Å². The van der Waals surface area contributed by atoms with Crippen molar-refractivity contribution in [3.05, 3.63) is 89.0 Å². The first-order chi connectivity index (χ1) is 14.8. The first kappa shape index (κ1) is 22.7. The summed E-state index contributed by atoms with van der Waals surface area (Å²) in [6.45, 7) is 0. The zero-order valence-corrected chi connectivity index (χ0v) is 17.6. The lowest BCUT2D eigenvalue weighted by Gasteiger charge is -2.22. The highest BCUT2D eigenvalue weighted by molar-refractivity contribution is 7.97. The third-order valence-corrected chi connectivity index (χ3v) is 5.82. The Morgan fingerprint density at radius 2 is 1.58 bits per heavy atom. The molecule has 0 fully saturated rings. The average molecular weight is 446 g/mol. The van der Waals surface area contributed by atoms with Crippen LogP contribution in [0.5, 0.6) is 5.75 Å². The third-order valence-electron chi connectivity index (χ3n) is 4.79. The molecule has 0 unspecified atom stereocenters. The molecule has 0 saturated carbocycles. The van der Waals surface area contributed by atoms with Crippen molar-refractivity contribution in [3.63, 3.8) is 0 Å². The molecule has 3 rings (SSSR count). The quantitative estimate of drug-likeness (QED) is 0.432. The number of alkyl halides is 3. The van der Waals surface area contributed by atoms with Crippen molar-refractivity contribution in [3.8, 4) is 16.9 Å². The van der Waals surface area contributed by atoms with Crippen LogP contribution in [0, 0.1) is 0 Å².